The molecule has 0 fully saturated rings. The molecule has 4 aromatic rings. The highest BCUT2D eigenvalue weighted by molar-refractivity contribution is 7.14. The molecule has 1 aromatic carbocycles. The number of hydrogen-bond donors (Lipinski definition) is 1. The number of rotatable bonds is 5. The highest BCUT2D eigenvalue weighted by Gasteiger charge is 2.13. The number of hydrogen-bond acceptors (Lipinski definition) is 5. The number of nitrogens with one attached hydrogen (secondary N) is 1. The van der Waals surface area contributed by atoms with Gasteiger partial charge in [0.1, 0.15) is 5.69 Å². The molecule has 0 saturated heterocycles. The maximum Gasteiger partial charge on any atom is 0.257 e. The van der Waals surface area contributed by atoms with Gasteiger partial charge in [0.25, 0.3) is 11.5 Å². The molecule has 0 radical (unpaired) electrons. The Bertz CT molecular complexity index is 1320. The quantitative estimate of drug-likeness (QED) is 0.502. The van der Waals surface area contributed by atoms with Crippen LogP contribution in [-0.2, 0) is 6.54 Å². The van der Waals surface area contributed by atoms with Gasteiger partial charge in [-0.1, -0.05) is 24.3 Å². The van der Waals surface area contributed by atoms with Crippen LogP contribution in [0, 0.1) is 20.8 Å². The molecule has 0 bridgehead atoms. The summed E-state index contributed by atoms with van der Waals surface area (Å²) >= 11 is 1.32. The first-order valence-corrected chi connectivity index (χ1v) is 10.7. The Labute approximate surface area is 184 Å². The first-order valence-electron chi connectivity index (χ1n) is 9.86. The van der Waals surface area contributed by atoms with E-state index in [9.17, 15) is 9.59 Å². The summed E-state index contributed by atoms with van der Waals surface area (Å²) in [4.78, 5) is 34.0. The van der Waals surface area contributed by atoms with Gasteiger partial charge < -0.3 is 4.57 Å². The van der Waals surface area contributed by atoms with Crippen LogP contribution in [0.3, 0.4) is 0 Å². The zero-order valence-corrected chi connectivity index (χ0v) is 18.4. The zero-order chi connectivity index (χ0) is 22.0. The van der Waals surface area contributed by atoms with Crippen LogP contribution in [-0.4, -0.2) is 20.4 Å². The molecule has 0 aliphatic heterocycles. The Morgan fingerprint density at radius 2 is 1.90 bits per heavy atom. The molecule has 4 rings (SSSR count). The Balaban J connectivity index is 1.48. The van der Waals surface area contributed by atoms with E-state index in [1.165, 1.54) is 28.5 Å². The molecular weight excluding hydrogens is 408 g/mol. The van der Waals surface area contributed by atoms with Crippen molar-refractivity contribution in [3.05, 3.63) is 98.4 Å². The molecule has 3 aromatic heterocycles. The van der Waals surface area contributed by atoms with Gasteiger partial charge in [0.05, 0.1) is 12.2 Å². The number of carbonyl (C=O) groups excluding carboxylic acids is 1. The minimum Gasteiger partial charge on any atom is -0.311 e. The van der Waals surface area contributed by atoms with Crippen molar-refractivity contribution in [3.8, 4) is 11.4 Å². The fourth-order valence-electron chi connectivity index (χ4n) is 3.24. The van der Waals surface area contributed by atoms with E-state index in [1.807, 2.05) is 43.5 Å². The van der Waals surface area contributed by atoms with Crippen LogP contribution in [0.5, 0.6) is 0 Å². The van der Waals surface area contributed by atoms with E-state index >= 15 is 0 Å². The maximum atomic E-state index is 12.6. The first kappa shape index (κ1) is 20.7. The van der Waals surface area contributed by atoms with Gasteiger partial charge in [-0.05, 0) is 55.2 Å². The number of aryl methyl sites for hydroxylation is 3. The van der Waals surface area contributed by atoms with Crippen LogP contribution in [0.15, 0.2) is 65.0 Å². The van der Waals surface area contributed by atoms with Gasteiger partial charge in [0.15, 0.2) is 5.13 Å². The van der Waals surface area contributed by atoms with Gasteiger partial charge in [0, 0.05) is 29.4 Å². The van der Waals surface area contributed by atoms with Gasteiger partial charge >= 0.3 is 0 Å². The fourth-order valence-corrected chi connectivity index (χ4v) is 3.93. The molecule has 0 spiro atoms. The van der Waals surface area contributed by atoms with Crippen LogP contribution in [0.2, 0.25) is 0 Å². The van der Waals surface area contributed by atoms with E-state index in [1.54, 1.807) is 23.0 Å². The lowest BCUT2D eigenvalue weighted by Crippen LogP contribution is -2.22. The van der Waals surface area contributed by atoms with Crippen LogP contribution in [0.4, 0.5) is 5.13 Å². The third kappa shape index (κ3) is 4.62. The van der Waals surface area contributed by atoms with E-state index in [0.29, 0.717) is 22.9 Å². The van der Waals surface area contributed by atoms with Crippen molar-refractivity contribution in [3.63, 3.8) is 0 Å². The number of anilines is 1. The third-order valence-corrected chi connectivity index (χ3v) is 5.92. The molecule has 6 nitrogen and oxygen atoms in total. The molecule has 156 valence electrons. The number of pyridine rings is 2. The summed E-state index contributed by atoms with van der Waals surface area (Å²) in [5, 5.41) is 5.09. The van der Waals surface area contributed by atoms with Crippen molar-refractivity contribution in [1.82, 2.24) is 14.5 Å². The second-order valence-electron chi connectivity index (χ2n) is 7.46. The topological polar surface area (TPSA) is 76.9 Å². The number of thiazole rings is 1. The average Bonchev–Trinajstić information content (AvgIpc) is 3.20. The highest BCUT2D eigenvalue weighted by atomic mass is 32.1. The predicted molar refractivity (Wildman–Crippen MR) is 124 cm³/mol. The Kier molecular flexibility index (Phi) is 5.77. The lowest BCUT2D eigenvalue weighted by molar-refractivity contribution is 0.102. The number of aromatic nitrogens is 3. The molecule has 0 aliphatic rings. The summed E-state index contributed by atoms with van der Waals surface area (Å²) in [6, 6.07) is 13.0. The zero-order valence-electron chi connectivity index (χ0n) is 17.5. The Morgan fingerprint density at radius 3 is 2.65 bits per heavy atom. The van der Waals surface area contributed by atoms with Gasteiger partial charge in [0.2, 0.25) is 0 Å². The summed E-state index contributed by atoms with van der Waals surface area (Å²) in [6.07, 6.45) is 3.36. The van der Waals surface area contributed by atoms with E-state index in [0.717, 1.165) is 16.8 Å². The van der Waals surface area contributed by atoms with Crippen LogP contribution in [0.1, 0.15) is 32.6 Å². The van der Waals surface area contributed by atoms with Crippen LogP contribution < -0.4 is 10.9 Å². The highest BCUT2D eigenvalue weighted by Crippen LogP contribution is 2.25. The molecule has 31 heavy (non-hydrogen) atoms. The summed E-state index contributed by atoms with van der Waals surface area (Å²) in [7, 11) is 0. The number of benzene rings is 1. The molecule has 0 unspecified atom stereocenters. The molecule has 0 aliphatic carbocycles. The largest absolute Gasteiger partial charge is 0.311 e. The fraction of sp³-hybridized carbons (Fsp3) is 0.167. The predicted octanol–water partition coefficient (Wildman–Crippen LogP) is 4.59. The number of amides is 1. The van der Waals surface area contributed by atoms with Crippen molar-refractivity contribution >= 4 is 22.4 Å². The monoisotopic (exact) mass is 430 g/mol. The smallest absolute Gasteiger partial charge is 0.257 e. The summed E-state index contributed by atoms with van der Waals surface area (Å²) < 4.78 is 1.59. The lowest BCUT2D eigenvalue weighted by atomic mass is 10.1. The maximum absolute atomic E-state index is 12.6. The van der Waals surface area contributed by atoms with E-state index in [4.69, 9.17) is 0 Å². The normalized spacial score (nSPS) is 10.8. The summed E-state index contributed by atoms with van der Waals surface area (Å²) in [5.74, 6) is -0.367. The number of carbonyl (C=O) groups is 1. The molecule has 3 heterocycles. The van der Waals surface area contributed by atoms with E-state index in [2.05, 4.69) is 28.3 Å². The first-order chi connectivity index (χ1) is 14.9. The van der Waals surface area contributed by atoms with Crippen molar-refractivity contribution in [2.75, 3.05) is 5.32 Å². The molecule has 1 amide bonds. The number of nitrogens with zero attached hydrogens (tertiary/aromatic N) is 3. The standard InChI is InChI=1S/C24H22N4O2S/c1-15-6-7-18(11-17(15)3)13-28-10-8-19(12-21(28)29)23(30)27-24-26-20(14-31-24)22-16(2)5-4-9-25-22/h4-12,14H,13H2,1-3H3,(H,26,27,30). The van der Waals surface area contributed by atoms with E-state index < -0.39 is 0 Å². The molecule has 0 saturated carbocycles. The van der Waals surface area contributed by atoms with Crippen molar-refractivity contribution < 1.29 is 4.79 Å². The molecule has 7 heteroatoms. The van der Waals surface area contributed by atoms with Gasteiger partial charge in [-0.25, -0.2) is 4.98 Å². The molecule has 1 N–H and O–H groups in total. The van der Waals surface area contributed by atoms with Gasteiger partial charge in [-0.3, -0.25) is 19.9 Å². The third-order valence-electron chi connectivity index (χ3n) is 5.16. The Morgan fingerprint density at radius 1 is 1.06 bits per heavy atom. The minimum absolute atomic E-state index is 0.227. The van der Waals surface area contributed by atoms with Crippen molar-refractivity contribution in [2.45, 2.75) is 27.3 Å². The van der Waals surface area contributed by atoms with E-state index in [-0.39, 0.29) is 11.5 Å². The molecular formula is C24H22N4O2S. The van der Waals surface area contributed by atoms with Crippen LogP contribution in [0.25, 0.3) is 11.4 Å². The average molecular weight is 431 g/mol. The van der Waals surface area contributed by atoms with Gasteiger partial charge in [-0.2, -0.15) is 0 Å². The SMILES string of the molecule is Cc1ccc(Cn2ccc(C(=O)Nc3nc(-c4ncccc4C)cs3)cc2=O)cc1C. The second kappa shape index (κ2) is 8.65. The van der Waals surface area contributed by atoms with Crippen molar-refractivity contribution in [1.29, 1.82) is 0 Å². The van der Waals surface area contributed by atoms with Crippen LogP contribution >= 0.6 is 11.3 Å². The summed E-state index contributed by atoms with van der Waals surface area (Å²) in [6.45, 7) is 6.53. The molecule has 0 atom stereocenters. The van der Waals surface area contributed by atoms with Gasteiger partial charge in [-0.15, -0.1) is 11.3 Å². The summed E-state index contributed by atoms with van der Waals surface area (Å²) in [5.41, 5.74) is 6.02. The van der Waals surface area contributed by atoms with Crippen molar-refractivity contribution in [2.24, 2.45) is 0 Å². The lowest BCUT2D eigenvalue weighted by Gasteiger charge is -2.09. The second-order valence-corrected chi connectivity index (χ2v) is 8.32. The minimum atomic E-state index is -0.367. The Hall–Kier alpha value is -3.58.